The second-order valence-corrected chi connectivity index (χ2v) is 6.13. The van der Waals surface area contributed by atoms with Gasteiger partial charge in [0.1, 0.15) is 5.75 Å². The number of carbonyl (C=O) groups excluding carboxylic acids is 1. The molecule has 1 aromatic carbocycles. The Morgan fingerprint density at radius 2 is 2.13 bits per heavy atom. The number of benzene rings is 1. The first-order chi connectivity index (χ1) is 11.2. The van der Waals surface area contributed by atoms with E-state index in [1.54, 1.807) is 7.11 Å². The number of nitrogens with one attached hydrogen (secondary N) is 1. The molecule has 0 saturated carbocycles. The van der Waals surface area contributed by atoms with Crippen molar-refractivity contribution in [1.82, 2.24) is 10.2 Å². The van der Waals surface area contributed by atoms with E-state index in [0.717, 1.165) is 37.4 Å². The zero-order valence-electron chi connectivity index (χ0n) is 14.2. The summed E-state index contributed by atoms with van der Waals surface area (Å²) < 4.78 is 10.8. The minimum atomic E-state index is 0.0808. The summed E-state index contributed by atoms with van der Waals surface area (Å²) in [5.41, 5.74) is 1.07. The molecule has 0 aliphatic carbocycles. The smallest absolute Gasteiger partial charge is 0.221 e. The Morgan fingerprint density at radius 1 is 1.35 bits per heavy atom. The van der Waals surface area contributed by atoms with Crippen molar-refractivity contribution in [2.75, 3.05) is 33.9 Å². The van der Waals surface area contributed by atoms with E-state index < -0.39 is 0 Å². The normalized spacial score (nSPS) is 18.0. The highest BCUT2D eigenvalue weighted by Gasteiger charge is 2.16. The van der Waals surface area contributed by atoms with Crippen molar-refractivity contribution in [3.8, 4) is 5.75 Å². The Morgan fingerprint density at radius 3 is 2.78 bits per heavy atom. The Balaban J connectivity index is 1.61. The Labute approximate surface area is 139 Å². The lowest BCUT2D eigenvalue weighted by Gasteiger charge is -2.27. The molecule has 1 N–H and O–H groups in total. The molecule has 1 saturated heterocycles. The highest BCUT2D eigenvalue weighted by molar-refractivity contribution is 5.76. The molecule has 0 aromatic heterocycles. The van der Waals surface area contributed by atoms with Crippen molar-refractivity contribution in [3.05, 3.63) is 29.8 Å². The van der Waals surface area contributed by atoms with Gasteiger partial charge in [0.15, 0.2) is 0 Å². The van der Waals surface area contributed by atoms with Crippen molar-refractivity contribution in [2.24, 2.45) is 0 Å². The van der Waals surface area contributed by atoms with Gasteiger partial charge in [0, 0.05) is 32.7 Å². The molecule has 1 amide bonds. The number of nitrogens with zero attached hydrogens (tertiary/aromatic N) is 1. The molecule has 0 spiro atoms. The lowest BCUT2D eigenvalue weighted by molar-refractivity contribution is -0.121. The number of ether oxygens (including phenoxy) is 2. The number of amides is 1. The van der Waals surface area contributed by atoms with Gasteiger partial charge in [-0.2, -0.15) is 0 Å². The van der Waals surface area contributed by atoms with Crippen LogP contribution in [-0.4, -0.2) is 50.8 Å². The summed E-state index contributed by atoms with van der Waals surface area (Å²) in [5.74, 6) is 0.906. The summed E-state index contributed by atoms with van der Waals surface area (Å²) in [4.78, 5) is 14.1. The molecule has 2 rings (SSSR count). The summed E-state index contributed by atoms with van der Waals surface area (Å²) in [6, 6.07) is 7.73. The monoisotopic (exact) mass is 320 g/mol. The van der Waals surface area contributed by atoms with Gasteiger partial charge < -0.3 is 19.7 Å². The molecular formula is C18H28N2O3. The molecule has 0 radical (unpaired) electrons. The third-order valence-corrected chi connectivity index (χ3v) is 4.16. The predicted molar refractivity (Wildman–Crippen MR) is 90.5 cm³/mol. The molecule has 5 heteroatoms. The van der Waals surface area contributed by atoms with Crippen LogP contribution in [0.1, 0.15) is 31.2 Å². The molecule has 1 aliphatic rings. The highest BCUT2D eigenvalue weighted by Crippen LogP contribution is 2.13. The first-order valence-electron chi connectivity index (χ1n) is 8.37. The molecule has 1 aromatic rings. The summed E-state index contributed by atoms with van der Waals surface area (Å²) >= 11 is 0. The third kappa shape index (κ3) is 6.59. The van der Waals surface area contributed by atoms with E-state index in [0.29, 0.717) is 19.1 Å². The molecule has 23 heavy (non-hydrogen) atoms. The van der Waals surface area contributed by atoms with E-state index in [4.69, 9.17) is 9.47 Å². The quantitative estimate of drug-likeness (QED) is 0.798. The molecule has 1 atom stereocenters. The molecule has 0 unspecified atom stereocenters. The predicted octanol–water partition coefficient (Wildman–Crippen LogP) is 2.20. The van der Waals surface area contributed by atoms with Gasteiger partial charge in [-0.15, -0.1) is 0 Å². The lowest BCUT2D eigenvalue weighted by Crippen LogP contribution is -2.35. The van der Waals surface area contributed by atoms with Crippen molar-refractivity contribution in [2.45, 2.75) is 38.3 Å². The Kier molecular flexibility index (Phi) is 7.36. The van der Waals surface area contributed by atoms with Crippen LogP contribution in [0.3, 0.4) is 0 Å². The third-order valence-electron chi connectivity index (χ3n) is 4.16. The highest BCUT2D eigenvalue weighted by atomic mass is 16.5. The van der Waals surface area contributed by atoms with E-state index in [1.807, 2.05) is 24.3 Å². The van der Waals surface area contributed by atoms with Gasteiger partial charge in [-0.3, -0.25) is 4.79 Å². The number of hydrogen-bond acceptors (Lipinski definition) is 4. The molecule has 0 bridgehead atoms. The Bertz CT molecular complexity index is 470. The van der Waals surface area contributed by atoms with Crippen LogP contribution in [0, 0.1) is 0 Å². The van der Waals surface area contributed by atoms with E-state index in [1.165, 1.54) is 12.8 Å². The van der Waals surface area contributed by atoms with E-state index >= 15 is 0 Å². The number of hydrogen-bond donors (Lipinski definition) is 1. The summed E-state index contributed by atoms with van der Waals surface area (Å²) in [6.07, 6.45) is 4.40. The maximum absolute atomic E-state index is 11.9. The maximum atomic E-state index is 11.9. The van der Waals surface area contributed by atoms with Crippen molar-refractivity contribution in [3.63, 3.8) is 0 Å². The fraction of sp³-hybridized carbons (Fsp3) is 0.611. The molecule has 5 nitrogen and oxygen atoms in total. The lowest BCUT2D eigenvalue weighted by atomic mass is 10.1. The van der Waals surface area contributed by atoms with E-state index in [-0.39, 0.29) is 5.91 Å². The second-order valence-electron chi connectivity index (χ2n) is 6.13. The van der Waals surface area contributed by atoms with Crippen LogP contribution >= 0.6 is 0 Å². The first-order valence-corrected chi connectivity index (χ1v) is 8.37. The minimum Gasteiger partial charge on any atom is -0.497 e. The van der Waals surface area contributed by atoms with E-state index in [2.05, 4.69) is 17.3 Å². The topological polar surface area (TPSA) is 50.8 Å². The molecule has 128 valence electrons. The van der Waals surface area contributed by atoms with Crippen LogP contribution in [-0.2, 0) is 16.1 Å². The second kappa shape index (κ2) is 9.53. The van der Waals surface area contributed by atoms with E-state index in [9.17, 15) is 4.79 Å². The summed E-state index contributed by atoms with van der Waals surface area (Å²) in [6.45, 7) is 3.10. The SMILES string of the molecule is COc1ccc(CNC(=O)CCN(C)C[C@H]2CCCCO2)cc1. The molecular weight excluding hydrogens is 292 g/mol. The van der Waals surface area contributed by atoms with Gasteiger partial charge in [0.2, 0.25) is 5.91 Å². The zero-order chi connectivity index (χ0) is 16.5. The average Bonchev–Trinajstić information content (AvgIpc) is 2.59. The Hall–Kier alpha value is -1.59. The average molecular weight is 320 g/mol. The van der Waals surface area contributed by atoms with Gasteiger partial charge in [0.05, 0.1) is 13.2 Å². The minimum absolute atomic E-state index is 0.0808. The van der Waals surface area contributed by atoms with Gasteiger partial charge in [-0.25, -0.2) is 0 Å². The summed E-state index contributed by atoms with van der Waals surface area (Å²) in [5, 5.41) is 2.96. The van der Waals surface area contributed by atoms with Gasteiger partial charge in [0.25, 0.3) is 0 Å². The largest absolute Gasteiger partial charge is 0.497 e. The van der Waals surface area contributed by atoms with Crippen LogP contribution in [0.15, 0.2) is 24.3 Å². The fourth-order valence-electron chi connectivity index (χ4n) is 2.72. The fourth-order valence-corrected chi connectivity index (χ4v) is 2.72. The van der Waals surface area contributed by atoms with Gasteiger partial charge >= 0.3 is 0 Å². The van der Waals surface area contributed by atoms with Crippen LogP contribution in [0.5, 0.6) is 5.75 Å². The maximum Gasteiger partial charge on any atom is 0.221 e. The molecule has 1 heterocycles. The van der Waals surface area contributed by atoms with Crippen molar-refractivity contribution in [1.29, 1.82) is 0 Å². The number of carbonyl (C=O) groups is 1. The zero-order valence-corrected chi connectivity index (χ0v) is 14.2. The molecule has 1 aliphatic heterocycles. The number of methoxy groups -OCH3 is 1. The van der Waals surface area contributed by atoms with Gasteiger partial charge in [-0.05, 0) is 44.0 Å². The number of rotatable bonds is 8. The summed E-state index contributed by atoms with van der Waals surface area (Å²) in [7, 11) is 3.69. The molecule has 1 fully saturated rings. The van der Waals surface area contributed by atoms with Crippen LogP contribution in [0.2, 0.25) is 0 Å². The van der Waals surface area contributed by atoms with Gasteiger partial charge in [-0.1, -0.05) is 12.1 Å². The van der Waals surface area contributed by atoms with Crippen LogP contribution < -0.4 is 10.1 Å². The standard InChI is InChI=1S/C18H28N2O3/c1-20(14-17-5-3-4-12-23-17)11-10-18(21)19-13-15-6-8-16(22-2)9-7-15/h6-9,17H,3-5,10-14H2,1-2H3,(H,19,21)/t17-/m1/s1. The number of likely N-dealkylation sites (N-methyl/N-ethyl adjacent to an activating group) is 1. The van der Waals surface area contributed by atoms with Crippen molar-refractivity contribution >= 4 is 5.91 Å². The van der Waals surface area contributed by atoms with Crippen molar-refractivity contribution < 1.29 is 14.3 Å². The van der Waals surface area contributed by atoms with Crippen LogP contribution in [0.25, 0.3) is 0 Å². The van der Waals surface area contributed by atoms with Crippen LogP contribution in [0.4, 0.5) is 0 Å². The first kappa shape index (κ1) is 17.8.